The molecule has 0 spiro atoms. The summed E-state index contributed by atoms with van der Waals surface area (Å²) in [4.78, 5) is 14.3. The number of hydrogen-bond donors (Lipinski definition) is 1. The first kappa shape index (κ1) is 20.1. The zero-order valence-corrected chi connectivity index (χ0v) is 14.9. The number of pyridine rings is 1. The number of hydrogen-bond acceptors (Lipinski definition) is 1. The summed E-state index contributed by atoms with van der Waals surface area (Å²) in [5.41, 5.74) is -1.66. The average molecular weight is 415 g/mol. The second kappa shape index (κ2) is 7.43. The number of benzene rings is 2. The molecule has 2 nitrogen and oxygen atoms in total. The van der Waals surface area contributed by atoms with Gasteiger partial charge in [0, 0.05) is 14.0 Å². The minimum atomic E-state index is -4.50. The number of H-pyrrole nitrogens is 1. The molecule has 1 aromatic heterocycles. The van der Waals surface area contributed by atoms with Gasteiger partial charge in [-0.15, -0.1) is 0 Å². The molecule has 0 aliphatic carbocycles. The van der Waals surface area contributed by atoms with Gasteiger partial charge in [-0.2, -0.15) is 26.3 Å². The second-order valence-corrected chi connectivity index (χ2v) is 8.01. The van der Waals surface area contributed by atoms with Gasteiger partial charge in [0.05, 0.1) is 16.6 Å². The van der Waals surface area contributed by atoms with Crippen LogP contribution in [0.5, 0.6) is 0 Å². The minimum absolute atomic E-state index is 0.413. The molecule has 0 saturated carbocycles. The predicted molar refractivity (Wildman–Crippen MR) is 95.8 cm³/mol. The van der Waals surface area contributed by atoms with Gasteiger partial charge in [0.1, 0.15) is 0 Å². The highest BCUT2D eigenvalue weighted by Gasteiger charge is 2.32. The monoisotopic (exact) mass is 415 g/mol. The van der Waals surface area contributed by atoms with E-state index in [2.05, 4.69) is 4.98 Å². The first-order valence-electron chi connectivity index (χ1n) is 7.90. The van der Waals surface area contributed by atoms with Gasteiger partial charge in [0.15, 0.2) is 0 Å². The Bertz CT molecular complexity index is 949. The van der Waals surface area contributed by atoms with E-state index >= 15 is 0 Å². The van der Waals surface area contributed by atoms with Crippen LogP contribution in [0.4, 0.5) is 26.3 Å². The van der Waals surface area contributed by atoms with Crippen LogP contribution in [0.25, 0.3) is 0 Å². The van der Waals surface area contributed by atoms with Crippen LogP contribution in [0.3, 0.4) is 0 Å². The number of rotatable bonds is 3. The molecule has 1 N–H and O–H groups in total. The summed E-state index contributed by atoms with van der Waals surface area (Å²) in [7, 11) is -1.55. The lowest BCUT2D eigenvalue weighted by Crippen LogP contribution is -2.27. The van der Waals surface area contributed by atoms with Crippen LogP contribution in [-0.2, 0) is 12.4 Å². The van der Waals surface area contributed by atoms with Crippen molar-refractivity contribution in [3.8, 4) is 0 Å². The van der Waals surface area contributed by atoms with Gasteiger partial charge in [0.25, 0.3) is 0 Å². The lowest BCUT2D eigenvalue weighted by molar-refractivity contribution is -0.138. The number of aromatic amines is 1. The van der Waals surface area contributed by atoms with E-state index in [0.29, 0.717) is 16.0 Å². The van der Waals surface area contributed by atoms with Crippen LogP contribution in [0.2, 0.25) is 0 Å². The molecule has 0 aliphatic rings. The number of aromatic nitrogens is 1. The Morgan fingerprint density at radius 2 is 1.07 bits per heavy atom. The topological polar surface area (TPSA) is 32.9 Å². The molecular formula is C19H12F6NOP. The van der Waals surface area contributed by atoms with E-state index in [0.717, 1.165) is 24.3 Å². The van der Waals surface area contributed by atoms with Crippen molar-refractivity contribution in [3.05, 3.63) is 88.2 Å². The molecule has 1 heterocycles. The molecule has 0 atom stereocenters. The Morgan fingerprint density at radius 1 is 0.643 bits per heavy atom. The summed E-state index contributed by atoms with van der Waals surface area (Å²) >= 11 is 0. The van der Waals surface area contributed by atoms with E-state index < -0.39 is 37.0 Å². The van der Waals surface area contributed by atoms with Crippen molar-refractivity contribution in [2.45, 2.75) is 12.4 Å². The van der Waals surface area contributed by atoms with Crippen molar-refractivity contribution in [1.82, 2.24) is 4.98 Å². The SMILES string of the molecule is O=c1cccc(P(c2ccc(C(F)(F)F)cc2)c2ccc(C(F)(F)F)cc2)[nH]1. The molecule has 28 heavy (non-hydrogen) atoms. The van der Waals surface area contributed by atoms with E-state index in [1.807, 2.05) is 0 Å². The summed E-state index contributed by atoms with van der Waals surface area (Å²) in [5, 5.41) is 0.925. The zero-order chi connectivity index (χ0) is 20.5. The Kier molecular flexibility index (Phi) is 5.35. The van der Waals surface area contributed by atoms with E-state index in [1.54, 1.807) is 6.07 Å². The van der Waals surface area contributed by atoms with E-state index in [9.17, 15) is 31.1 Å². The van der Waals surface area contributed by atoms with Gasteiger partial charge < -0.3 is 4.98 Å². The van der Waals surface area contributed by atoms with Crippen LogP contribution in [0, 0.1) is 0 Å². The van der Waals surface area contributed by atoms with Gasteiger partial charge in [0.2, 0.25) is 5.56 Å². The van der Waals surface area contributed by atoms with Gasteiger partial charge in [-0.3, -0.25) is 4.79 Å². The molecule has 0 saturated heterocycles. The summed E-state index contributed by atoms with van der Waals surface area (Å²) in [6.45, 7) is 0. The highest BCUT2D eigenvalue weighted by molar-refractivity contribution is 7.79. The largest absolute Gasteiger partial charge is 0.416 e. The number of alkyl halides is 6. The molecule has 0 radical (unpaired) electrons. The van der Waals surface area contributed by atoms with Crippen LogP contribution < -0.4 is 21.6 Å². The van der Waals surface area contributed by atoms with Crippen LogP contribution in [0.15, 0.2) is 71.5 Å². The first-order chi connectivity index (χ1) is 13.1. The fourth-order valence-corrected chi connectivity index (χ4v) is 4.80. The lowest BCUT2D eigenvalue weighted by atomic mass is 10.2. The Balaban J connectivity index is 2.09. The van der Waals surface area contributed by atoms with Gasteiger partial charge in [-0.25, -0.2) is 0 Å². The average Bonchev–Trinajstić information content (AvgIpc) is 2.61. The molecule has 0 bridgehead atoms. The normalized spacial score (nSPS) is 12.4. The molecule has 0 unspecified atom stereocenters. The fraction of sp³-hybridized carbons (Fsp3) is 0.105. The molecule has 146 valence electrons. The molecular weight excluding hydrogens is 403 g/mol. The summed E-state index contributed by atoms with van der Waals surface area (Å²) < 4.78 is 77.0. The minimum Gasteiger partial charge on any atom is -0.322 e. The summed E-state index contributed by atoms with van der Waals surface area (Å²) in [6, 6.07) is 13.1. The van der Waals surface area contributed by atoms with Crippen molar-refractivity contribution in [2.75, 3.05) is 0 Å². The van der Waals surface area contributed by atoms with E-state index in [1.165, 1.54) is 36.4 Å². The van der Waals surface area contributed by atoms with Gasteiger partial charge in [-0.05, 0) is 40.9 Å². The van der Waals surface area contributed by atoms with Crippen LogP contribution in [0.1, 0.15) is 11.1 Å². The van der Waals surface area contributed by atoms with Crippen molar-refractivity contribution in [1.29, 1.82) is 0 Å². The van der Waals surface area contributed by atoms with E-state index in [4.69, 9.17) is 0 Å². The molecule has 3 aromatic rings. The Morgan fingerprint density at radius 3 is 1.43 bits per heavy atom. The third kappa shape index (κ3) is 4.44. The van der Waals surface area contributed by atoms with Crippen molar-refractivity contribution in [2.24, 2.45) is 0 Å². The lowest BCUT2D eigenvalue weighted by Gasteiger charge is -2.20. The maximum Gasteiger partial charge on any atom is 0.416 e. The number of nitrogens with one attached hydrogen (secondary N) is 1. The predicted octanol–water partition coefficient (Wildman–Crippen LogP) is 4.17. The zero-order valence-electron chi connectivity index (χ0n) is 14.0. The molecule has 0 aliphatic heterocycles. The molecule has 9 heteroatoms. The maximum atomic E-state index is 12.8. The molecule has 2 aromatic carbocycles. The smallest absolute Gasteiger partial charge is 0.322 e. The standard InChI is InChI=1S/C19H12F6NOP/c20-18(21,22)12-4-8-14(9-5-12)28(17-3-1-2-16(27)26-17)15-10-6-13(7-11-15)19(23,24)25/h1-11H,(H,26,27). The third-order valence-corrected chi connectivity index (χ3v) is 6.27. The van der Waals surface area contributed by atoms with Gasteiger partial charge in [-0.1, -0.05) is 30.3 Å². The third-order valence-electron chi connectivity index (χ3n) is 3.90. The molecule has 0 amide bonds. The summed E-state index contributed by atoms with van der Waals surface area (Å²) in [5.74, 6) is 0. The Labute approximate surface area is 156 Å². The first-order valence-corrected chi connectivity index (χ1v) is 9.24. The maximum absolute atomic E-state index is 12.8. The highest BCUT2D eigenvalue weighted by atomic mass is 31.1. The molecule has 3 rings (SSSR count). The summed E-state index contributed by atoms with van der Waals surface area (Å²) in [6.07, 6.45) is -9.01. The quantitative estimate of drug-likeness (QED) is 0.506. The van der Waals surface area contributed by atoms with Crippen LogP contribution >= 0.6 is 7.92 Å². The molecule has 0 fully saturated rings. The van der Waals surface area contributed by atoms with Crippen molar-refractivity contribution in [3.63, 3.8) is 0 Å². The fourth-order valence-electron chi connectivity index (χ4n) is 2.59. The van der Waals surface area contributed by atoms with E-state index in [-0.39, 0.29) is 0 Å². The van der Waals surface area contributed by atoms with Gasteiger partial charge >= 0.3 is 12.4 Å². The number of halogens is 6. The second-order valence-electron chi connectivity index (χ2n) is 5.82. The highest BCUT2D eigenvalue weighted by Crippen LogP contribution is 2.35. The Hall–Kier alpha value is -2.60. The van der Waals surface area contributed by atoms with Crippen molar-refractivity contribution < 1.29 is 26.3 Å². The van der Waals surface area contributed by atoms with Crippen LogP contribution in [-0.4, -0.2) is 4.98 Å². The van der Waals surface area contributed by atoms with Crippen molar-refractivity contribution >= 4 is 24.0 Å².